The standard InChI is InChI=1S/C28H31F3N4O5/c1-3-19-10-11-20(35(19)27-32-14-18(15-33-27)26(36)37-2)12-13-38-16-22-24(34-40-25(22)17-8-9-17)21-6-4-5-7-23(21)39-28(29,30)31/h4-7,14-15,17,19-20H,3,8-13,16H2,1-2H3/t19?,20-/m0/s1. The number of hydrogen-bond donors (Lipinski definition) is 0. The summed E-state index contributed by atoms with van der Waals surface area (Å²) in [6.07, 6.45) is 3.54. The maximum atomic E-state index is 13.0. The van der Waals surface area contributed by atoms with E-state index in [1.165, 1.54) is 37.7 Å². The Morgan fingerprint density at radius 2 is 1.82 bits per heavy atom. The summed E-state index contributed by atoms with van der Waals surface area (Å²) in [5, 5.41) is 4.13. The lowest BCUT2D eigenvalue weighted by atomic mass is 10.0. The van der Waals surface area contributed by atoms with E-state index in [-0.39, 0.29) is 41.5 Å². The van der Waals surface area contributed by atoms with Gasteiger partial charge in [0.15, 0.2) is 0 Å². The first kappa shape index (κ1) is 27.9. The minimum atomic E-state index is -4.83. The van der Waals surface area contributed by atoms with Crippen LogP contribution in [-0.2, 0) is 16.1 Å². The number of carbonyl (C=O) groups excluding carboxylic acids is 1. The van der Waals surface area contributed by atoms with Gasteiger partial charge in [-0.15, -0.1) is 13.2 Å². The van der Waals surface area contributed by atoms with Crippen molar-refractivity contribution in [1.82, 2.24) is 15.1 Å². The molecule has 1 aliphatic heterocycles. The number of aromatic nitrogens is 3. The predicted octanol–water partition coefficient (Wildman–Crippen LogP) is 6.05. The highest BCUT2D eigenvalue weighted by Crippen LogP contribution is 2.45. The van der Waals surface area contributed by atoms with E-state index in [1.54, 1.807) is 6.07 Å². The predicted molar refractivity (Wildman–Crippen MR) is 138 cm³/mol. The van der Waals surface area contributed by atoms with Gasteiger partial charge in [0.25, 0.3) is 0 Å². The molecule has 3 heterocycles. The highest BCUT2D eigenvalue weighted by molar-refractivity contribution is 5.88. The van der Waals surface area contributed by atoms with Gasteiger partial charge in [0.05, 0.1) is 19.3 Å². The van der Waals surface area contributed by atoms with E-state index < -0.39 is 12.3 Å². The van der Waals surface area contributed by atoms with Crippen molar-refractivity contribution in [3.63, 3.8) is 0 Å². The molecule has 40 heavy (non-hydrogen) atoms. The van der Waals surface area contributed by atoms with Gasteiger partial charge >= 0.3 is 12.3 Å². The molecule has 0 amide bonds. The van der Waals surface area contributed by atoms with Gasteiger partial charge in [-0.1, -0.05) is 24.2 Å². The number of nitrogens with zero attached hydrogens (tertiary/aromatic N) is 4. The zero-order valence-corrected chi connectivity index (χ0v) is 22.3. The molecule has 2 fully saturated rings. The molecule has 9 nitrogen and oxygen atoms in total. The van der Waals surface area contributed by atoms with Crippen molar-refractivity contribution in [1.29, 1.82) is 0 Å². The maximum Gasteiger partial charge on any atom is 0.573 e. The van der Waals surface area contributed by atoms with E-state index in [0.29, 0.717) is 36.0 Å². The highest BCUT2D eigenvalue weighted by atomic mass is 19.4. The summed E-state index contributed by atoms with van der Waals surface area (Å²) >= 11 is 0. The quantitative estimate of drug-likeness (QED) is 0.205. The molecule has 1 saturated heterocycles. The van der Waals surface area contributed by atoms with Crippen molar-refractivity contribution >= 4 is 11.9 Å². The van der Waals surface area contributed by atoms with E-state index in [1.807, 2.05) is 0 Å². The van der Waals surface area contributed by atoms with Crippen LogP contribution in [0.15, 0.2) is 41.2 Å². The van der Waals surface area contributed by atoms with Crippen LogP contribution in [0.3, 0.4) is 0 Å². The van der Waals surface area contributed by atoms with E-state index in [9.17, 15) is 18.0 Å². The fraction of sp³-hybridized carbons (Fsp3) is 0.500. The summed E-state index contributed by atoms with van der Waals surface area (Å²) in [6.45, 7) is 2.68. The average molecular weight is 561 g/mol. The number of benzene rings is 1. The van der Waals surface area contributed by atoms with Crippen LogP contribution in [0.25, 0.3) is 11.3 Å². The topological polar surface area (TPSA) is 99.8 Å². The fourth-order valence-corrected chi connectivity index (χ4v) is 5.26. The number of methoxy groups -OCH3 is 1. The number of para-hydroxylation sites is 1. The van der Waals surface area contributed by atoms with E-state index in [4.69, 9.17) is 14.0 Å². The van der Waals surface area contributed by atoms with Gasteiger partial charge < -0.3 is 23.6 Å². The third-order valence-electron chi connectivity index (χ3n) is 7.36. The molecular weight excluding hydrogens is 529 g/mol. The van der Waals surface area contributed by atoms with Crippen LogP contribution < -0.4 is 9.64 Å². The molecule has 3 aromatic rings. The van der Waals surface area contributed by atoms with Crippen LogP contribution in [0, 0.1) is 0 Å². The lowest BCUT2D eigenvalue weighted by Gasteiger charge is -2.30. The largest absolute Gasteiger partial charge is 0.573 e. The second-order valence-corrected chi connectivity index (χ2v) is 10.00. The minimum absolute atomic E-state index is 0.139. The zero-order chi connectivity index (χ0) is 28.3. The molecule has 1 aromatic carbocycles. The number of halogens is 3. The second-order valence-electron chi connectivity index (χ2n) is 10.00. The average Bonchev–Trinajstić information content (AvgIpc) is 3.57. The molecule has 1 unspecified atom stereocenters. The van der Waals surface area contributed by atoms with E-state index in [0.717, 1.165) is 32.1 Å². The Balaban J connectivity index is 1.28. The van der Waals surface area contributed by atoms with Gasteiger partial charge in [0, 0.05) is 48.1 Å². The van der Waals surface area contributed by atoms with Crippen molar-refractivity contribution < 1.29 is 36.7 Å². The molecule has 214 valence electrons. The first-order valence-electron chi connectivity index (χ1n) is 13.4. The minimum Gasteiger partial charge on any atom is -0.465 e. The van der Waals surface area contributed by atoms with Gasteiger partial charge in [0.2, 0.25) is 5.95 Å². The number of alkyl halides is 3. The third-order valence-corrected chi connectivity index (χ3v) is 7.36. The van der Waals surface area contributed by atoms with Crippen molar-refractivity contribution in [2.24, 2.45) is 0 Å². The van der Waals surface area contributed by atoms with Crippen molar-refractivity contribution in [3.8, 4) is 17.0 Å². The molecule has 2 aromatic heterocycles. The van der Waals surface area contributed by atoms with Gasteiger partial charge in [0.1, 0.15) is 17.2 Å². The lowest BCUT2D eigenvalue weighted by molar-refractivity contribution is -0.274. The van der Waals surface area contributed by atoms with Crippen LogP contribution >= 0.6 is 0 Å². The summed E-state index contributed by atoms with van der Waals surface area (Å²) in [6, 6.07) is 6.31. The van der Waals surface area contributed by atoms with Crippen LogP contribution in [0.4, 0.5) is 19.1 Å². The van der Waals surface area contributed by atoms with Gasteiger partial charge in [-0.3, -0.25) is 0 Å². The summed E-state index contributed by atoms with van der Waals surface area (Å²) < 4.78 is 59.8. The molecule has 12 heteroatoms. The van der Waals surface area contributed by atoms with Crippen molar-refractivity contribution in [2.75, 3.05) is 18.6 Å². The van der Waals surface area contributed by atoms with Crippen molar-refractivity contribution in [3.05, 3.63) is 53.5 Å². The summed E-state index contributed by atoms with van der Waals surface area (Å²) in [7, 11) is 1.31. The monoisotopic (exact) mass is 560 g/mol. The first-order valence-corrected chi connectivity index (χ1v) is 13.4. The lowest BCUT2D eigenvalue weighted by Crippen LogP contribution is -2.38. The zero-order valence-electron chi connectivity index (χ0n) is 22.3. The molecule has 1 aliphatic carbocycles. The highest BCUT2D eigenvalue weighted by Gasteiger charge is 2.36. The van der Waals surface area contributed by atoms with E-state index in [2.05, 4.69) is 31.7 Å². The fourth-order valence-electron chi connectivity index (χ4n) is 5.26. The number of rotatable bonds is 11. The molecular formula is C28H31F3N4O5. The molecule has 1 saturated carbocycles. The van der Waals surface area contributed by atoms with Crippen molar-refractivity contribution in [2.45, 2.75) is 76.4 Å². The maximum absolute atomic E-state index is 13.0. The van der Waals surface area contributed by atoms with Crippen LogP contribution in [0.2, 0.25) is 0 Å². The Hall–Kier alpha value is -3.67. The van der Waals surface area contributed by atoms with E-state index >= 15 is 0 Å². The Bertz CT molecular complexity index is 1310. The summed E-state index contributed by atoms with van der Waals surface area (Å²) in [5.74, 6) is 0.579. The van der Waals surface area contributed by atoms with Crippen LogP contribution in [0.1, 0.15) is 73.0 Å². The summed E-state index contributed by atoms with van der Waals surface area (Å²) in [5.41, 5.74) is 1.44. The second kappa shape index (κ2) is 11.8. The Morgan fingerprint density at radius 3 is 2.50 bits per heavy atom. The number of hydrogen-bond acceptors (Lipinski definition) is 9. The van der Waals surface area contributed by atoms with Gasteiger partial charge in [-0.05, 0) is 50.7 Å². The Kier molecular flexibility index (Phi) is 8.24. The number of carbonyl (C=O) groups is 1. The van der Waals surface area contributed by atoms with Crippen LogP contribution in [-0.4, -0.2) is 53.3 Å². The molecule has 2 atom stereocenters. The van der Waals surface area contributed by atoms with Gasteiger partial charge in [-0.2, -0.15) is 0 Å². The molecule has 0 radical (unpaired) electrons. The number of esters is 1. The normalized spacial score (nSPS) is 19.2. The third kappa shape index (κ3) is 6.22. The summed E-state index contributed by atoms with van der Waals surface area (Å²) in [4.78, 5) is 22.8. The molecule has 2 aliphatic rings. The molecule has 0 N–H and O–H groups in total. The van der Waals surface area contributed by atoms with Gasteiger partial charge in [-0.25, -0.2) is 14.8 Å². The smallest absolute Gasteiger partial charge is 0.465 e. The first-order chi connectivity index (χ1) is 19.3. The van der Waals surface area contributed by atoms with Crippen LogP contribution in [0.5, 0.6) is 5.75 Å². The number of ether oxygens (including phenoxy) is 3. The number of anilines is 1. The Morgan fingerprint density at radius 1 is 1.10 bits per heavy atom. The molecule has 0 spiro atoms. The molecule has 5 rings (SSSR count). The SMILES string of the molecule is CCC1CC[C@@H](CCOCc2c(-c3ccccc3OC(F)(F)F)noc2C2CC2)N1c1ncc(C(=O)OC)cn1. The Labute approximate surface area is 229 Å². The molecule has 0 bridgehead atoms.